The summed E-state index contributed by atoms with van der Waals surface area (Å²) in [5.74, 6) is 1.56. The third-order valence-electron chi connectivity index (χ3n) is 12.1. The van der Waals surface area contributed by atoms with E-state index in [0.29, 0.717) is 42.6 Å². The summed E-state index contributed by atoms with van der Waals surface area (Å²) in [5, 5.41) is 103. The van der Waals surface area contributed by atoms with Crippen molar-refractivity contribution in [1.82, 2.24) is 0 Å². The van der Waals surface area contributed by atoms with Gasteiger partial charge in [-0.15, -0.1) is 0 Å². The zero-order valence-corrected chi connectivity index (χ0v) is 40.2. The van der Waals surface area contributed by atoms with Gasteiger partial charge in [0.2, 0.25) is 0 Å². The Bertz CT molecular complexity index is 2490. The van der Waals surface area contributed by atoms with E-state index in [1.807, 2.05) is 99.6 Å². The van der Waals surface area contributed by atoms with Crippen molar-refractivity contribution in [2.75, 3.05) is 26.4 Å². The van der Waals surface area contributed by atoms with Gasteiger partial charge in [-0.1, -0.05) is 130 Å². The number of hydrogen-bond donors (Lipinski definition) is 11. The maximum absolute atomic E-state index is 10.1. The predicted octanol–water partition coefficient (Wildman–Crippen LogP) is 9.71. The second-order valence-electron chi connectivity index (χ2n) is 17.1. The molecule has 1 atom stereocenters. The highest BCUT2D eigenvalue weighted by Crippen LogP contribution is 2.43. The van der Waals surface area contributed by atoms with Gasteiger partial charge < -0.3 is 56.2 Å². The van der Waals surface area contributed by atoms with Crippen molar-refractivity contribution < 1.29 is 61.0 Å². The monoisotopic (exact) mass is 956 g/mol. The van der Waals surface area contributed by atoms with Gasteiger partial charge in [-0.2, -0.15) is 0 Å². The maximum atomic E-state index is 10.1. The second kappa shape index (κ2) is 28.2. The maximum Gasteiger partial charge on any atom is 0.132 e. The summed E-state index contributed by atoms with van der Waals surface area (Å²) in [6, 6.07) is 50.8. The van der Waals surface area contributed by atoms with E-state index in [2.05, 4.69) is 0 Å². The molecule has 0 bridgehead atoms. The minimum Gasteiger partial charge on any atom is -0.508 e. The van der Waals surface area contributed by atoms with Crippen LogP contribution in [-0.4, -0.2) is 88.4 Å². The van der Waals surface area contributed by atoms with Crippen molar-refractivity contribution in [1.29, 1.82) is 0 Å². The van der Waals surface area contributed by atoms with Gasteiger partial charge in [0.25, 0.3) is 0 Å². The number of phenolic OH excluding ortho intramolecular Hbond substituents is 7. The number of carbonyl (C=O) groups excluding carboxylic acids is 1. The Morgan fingerprint density at radius 1 is 0.343 bits per heavy atom. The highest BCUT2D eigenvalue weighted by atomic mass is 16.3. The van der Waals surface area contributed by atoms with Crippen molar-refractivity contribution in [3.05, 3.63) is 209 Å². The Labute approximate surface area is 411 Å². The smallest absolute Gasteiger partial charge is 0.132 e. The number of aliphatic hydroxyl groups is 4. The number of benzene rings is 7. The number of carbonyl (C=O) groups is 1. The van der Waals surface area contributed by atoms with Crippen molar-refractivity contribution in [2.45, 2.75) is 69.6 Å². The van der Waals surface area contributed by atoms with Gasteiger partial charge in [0.1, 0.15) is 46.0 Å². The summed E-state index contributed by atoms with van der Waals surface area (Å²) in [5.41, 5.74) is 3.68. The van der Waals surface area contributed by atoms with Crippen molar-refractivity contribution in [2.24, 2.45) is 0 Å². The Kier molecular flexibility index (Phi) is 23.0. The number of rotatable bonds is 14. The van der Waals surface area contributed by atoms with E-state index in [4.69, 9.17) is 10.2 Å². The molecule has 1 unspecified atom stereocenters. The lowest BCUT2D eigenvalue weighted by Crippen LogP contribution is -2.25. The average molecular weight is 957 g/mol. The van der Waals surface area contributed by atoms with E-state index in [1.54, 1.807) is 97.1 Å². The van der Waals surface area contributed by atoms with Crippen LogP contribution in [0.1, 0.15) is 86.8 Å². The highest BCUT2D eigenvalue weighted by Gasteiger charge is 2.33. The number of aliphatic hydroxyl groups excluding tert-OH is 4. The summed E-state index contributed by atoms with van der Waals surface area (Å²) >= 11 is 0. The minimum atomic E-state index is -0.633. The van der Waals surface area contributed by atoms with E-state index in [0.717, 1.165) is 22.3 Å². The van der Waals surface area contributed by atoms with Crippen molar-refractivity contribution in [3.63, 3.8) is 0 Å². The lowest BCUT2D eigenvalue weighted by molar-refractivity contribution is -0.117. The van der Waals surface area contributed by atoms with Crippen LogP contribution in [0.25, 0.3) is 0 Å². The van der Waals surface area contributed by atoms with Crippen LogP contribution in [0.15, 0.2) is 176 Å². The fourth-order valence-corrected chi connectivity index (χ4v) is 7.87. The van der Waals surface area contributed by atoms with Crippen molar-refractivity contribution in [3.8, 4) is 40.2 Å². The standard InChI is InChI=1S/3C16H18O3.C6H6O.C4H8O2/c1-16(10-11-17,12-2-6-14(18)7-3-12)13-4-8-15(19)9-5-13;1-16(10-11-17,12-6-2-4-8-14(12)18)13-7-3-5-9-15(13)19;1-16(10-11-17,12-6-8-13(18)9-7-12)14-4-2-3-5-15(14)19;7-6-4-2-1-3-5-6;1-4(6)2-3-5/h3*2-9,17-19H,10-11H2,1H3;1-5,7H;5H,2-3H2,1H3. The van der Waals surface area contributed by atoms with Crippen LogP contribution in [-0.2, 0) is 21.0 Å². The van der Waals surface area contributed by atoms with Gasteiger partial charge >= 0.3 is 0 Å². The number of ketones is 1. The van der Waals surface area contributed by atoms with Crippen LogP contribution in [0, 0.1) is 0 Å². The van der Waals surface area contributed by atoms with Crippen LogP contribution in [0.3, 0.4) is 0 Å². The van der Waals surface area contributed by atoms with Crippen LogP contribution >= 0.6 is 0 Å². The lowest BCUT2D eigenvalue weighted by Gasteiger charge is -2.31. The number of hydrogen-bond acceptors (Lipinski definition) is 12. The molecular weight excluding hydrogens is 889 g/mol. The second-order valence-corrected chi connectivity index (χ2v) is 17.1. The van der Waals surface area contributed by atoms with Gasteiger partial charge in [0, 0.05) is 65.8 Å². The summed E-state index contributed by atoms with van der Waals surface area (Å²) < 4.78 is 0. The van der Waals surface area contributed by atoms with Crippen LogP contribution in [0.4, 0.5) is 0 Å². The number of phenols is 7. The molecule has 0 fully saturated rings. The Morgan fingerprint density at radius 2 is 0.614 bits per heavy atom. The SMILES string of the molecule is CC(=O)CCO.CC(CCO)(c1ccc(O)cc1)c1ccc(O)cc1.CC(CCO)(c1ccc(O)cc1)c1ccccc1O.CC(CCO)(c1ccccc1O)c1ccccc1O.Oc1ccccc1. The normalized spacial score (nSPS) is 11.6. The van der Waals surface area contributed by atoms with E-state index in [9.17, 15) is 50.8 Å². The number of para-hydroxylation sites is 4. The van der Waals surface area contributed by atoms with Crippen molar-refractivity contribution >= 4 is 5.78 Å². The van der Waals surface area contributed by atoms with Gasteiger partial charge in [-0.3, -0.25) is 4.79 Å². The average Bonchev–Trinajstić information content (AvgIpc) is 3.34. The van der Waals surface area contributed by atoms with Gasteiger partial charge in [0.05, 0.1) is 0 Å². The molecule has 0 aliphatic rings. The molecule has 0 amide bonds. The van der Waals surface area contributed by atoms with Gasteiger partial charge in [0.15, 0.2) is 0 Å². The van der Waals surface area contributed by atoms with Gasteiger partial charge in [-0.05, 0) is 110 Å². The predicted molar refractivity (Wildman–Crippen MR) is 274 cm³/mol. The van der Waals surface area contributed by atoms with E-state index in [-0.39, 0.29) is 72.1 Å². The molecule has 0 aromatic heterocycles. The van der Waals surface area contributed by atoms with Crippen LogP contribution in [0.5, 0.6) is 40.2 Å². The first-order valence-corrected chi connectivity index (χ1v) is 22.8. The molecule has 0 aliphatic heterocycles. The summed E-state index contributed by atoms with van der Waals surface area (Å²) in [6.45, 7) is 7.43. The molecule has 11 N–H and O–H groups in total. The zero-order chi connectivity index (χ0) is 51.7. The first-order chi connectivity index (χ1) is 33.4. The quantitative estimate of drug-likeness (QED) is 0.0489. The molecule has 70 heavy (non-hydrogen) atoms. The molecule has 0 aliphatic carbocycles. The topological polar surface area (TPSA) is 240 Å². The third-order valence-corrected chi connectivity index (χ3v) is 12.1. The van der Waals surface area contributed by atoms with E-state index >= 15 is 0 Å². The van der Waals surface area contributed by atoms with E-state index in [1.165, 1.54) is 6.92 Å². The lowest BCUT2D eigenvalue weighted by atomic mass is 9.73. The Hall–Kier alpha value is -7.35. The highest BCUT2D eigenvalue weighted by molar-refractivity contribution is 5.75. The molecule has 7 aromatic carbocycles. The first kappa shape index (κ1) is 57.0. The molecule has 0 spiro atoms. The molecule has 0 saturated carbocycles. The van der Waals surface area contributed by atoms with E-state index < -0.39 is 10.8 Å². The molecule has 0 radical (unpaired) electrons. The number of Topliss-reactive ketones (excluding diaryl/α,β-unsaturated/α-hetero) is 1. The Morgan fingerprint density at radius 3 is 0.886 bits per heavy atom. The summed E-state index contributed by atoms with van der Waals surface area (Å²) in [4.78, 5) is 9.88. The molecule has 0 saturated heterocycles. The van der Waals surface area contributed by atoms with Crippen LogP contribution in [0.2, 0.25) is 0 Å². The summed E-state index contributed by atoms with van der Waals surface area (Å²) in [6.07, 6.45) is 1.78. The molecule has 12 nitrogen and oxygen atoms in total. The summed E-state index contributed by atoms with van der Waals surface area (Å²) in [7, 11) is 0. The molecule has 0 heterocycles. The number of aromatic hydroxyl groups is 7. The molecule has 372 valence electrons. The molecule has 7 aromatic rings. The van der Waals surface area contributed by atoms with Gasteiger partial charge in [-0.25, -0.2) is 0 Å². The zero-order valence-electron chi connectivity index (χ0n) is 40.2. The fraction of sp³-hybridized carbons (Fsp3) is 0.259. The first-order valence-electron chi connectivity index (χ1n) is 22.8. The van der Waals surface area contributed by atoms with Crippen LogP contribution < -0.4 is 0 Å². The minimum absolute atomic E-state index is 0.0185. The molecular formula is C58H68O12. The molecule has 12 heteroatoms. The Balaban J connectivity index is 0.000000246. The largest absolute Gasteiger partial charge is 0.508 e. The fourth-order valence-electron chi connectivity index (χ4n) is 7.87. The molecule has 7 rings (SSSR count). The third kappa shape index (κ3) is 16.4.